The Morgan fingerprint density at radius 2 is 1.83 bits per heavy atom. The molecule has 0 saturated carbocycles. The Labute approximate surface area is 113 Å². The molecule has 0 aliphatic heterocycles. The van der Waals surface area contributed by atoms with Crippen LogP contribution in [-0.4, -0.2) is 5.75 Å². The first-order valence-electron chi connectivity index (χ1n) is 6.17. The molecule has 0 amide bonds. The molecule has 0 heterocycles. The molecule has 0 aliphatic carbocycles. The molecule has 94 valence electrons. The fraction of sp³-hybridized carbons (Fsp3) is 0.250. The summed E-state index contributed by atoms with van der Waals surface area (Å²) in [6.45, 7) is 4.23. The molecule has 0 bridgehead atoms. The van der Waals surface area contributed by atoms with E-state index in [2.05, 4.69) is 62.4 Å². The molecule has 0 spiro atoms. The molecule has 1 atom stereocenters. The number of thioether (sulfide) groups is 1. The minimum Gasteiger partial charge on any atom is -0.323 e. The minimum absolute atomic E-state index is 0.0942. The van der Waals surface area contributed by atoms with E-state index < -0.39 is 0 Å². The summed E-state index contributed by atoms with van der Waals surface area (Å²) in [5, 5.41) is 0. The van der Waals surface area contributed by atoms with Gasteiger partial charge in [-0.15, -0.1) is 11.8 Å². The standard InChI is InChI=1S/C16H19NS/c1-12-6-5-8-14(10-12)18-11-16(17)15-9-4-3-7-13(15)2/h3-10,16H,11,17H2,1-2H3. The predicted molar refractivity (Wildman–Crippen MR) is 80.0 cm³/mol. The highest BCUT2D eigenvalue weighted by Crippen LogP contribution is 2.25. The smallest absolute Gasteiger partial charge is 0.0392 e. The maximum atomic E-state index is 6.26. The van der Waals surface area contributed by atoms with Crippen molar-refractivity contribution in [3.05, 3.63) is 65.2 Å². The summed E-state index contributed by atoms with van der Waals surface area (Å²) in [6.07, 6.45) is 0. The molecule has 2 heteroatoms. The first-order valence-corrected chi connectivity index (χ1v) is 7.16. The molecule has 18 heavy (non-hydrogen) atoms. The normalized spacial score (nSPS) is 12.4. The van der Waals surface area contributed by atoms with Crippen LogP contribution in [0.4, 0.5) is 0 Å². The molecule has 0 fully saturated rings. The fourth-order valence-electron chi connectivity index (χ4n) is 1.98. The van der Waals surface area contributed by atoms with Crippen molar-refractivity contribution < 1.29 is 0 Å². The van der Waals surface area contributed by atoms with E-state index in [9.17, 15) is 0 Å². The number of nitrogens with two attached hydrogens (primary N) is 1. The summed E-state index contributed by atoms with van der Waals surface area (Å²) in [5.41, 5.74) is 10.1. The first-order chi connectivity index (χ1) is 8.66. The summed E-state index contributed by atoms with van der Waals surface area (Å²) < 4.78 is 0. The van der Waals surface area contributed by atoms with Crippen molar-refractivity contribution >= 4 is 11.8 Å². The summed E-state index contributed by atoms with van der Waals surface area (Å²) in [6, 6.07) is 17.0. The second kappa shape index (κ2) is 6.07. The quantitative estimate of drug-likeness (QED) is 0.835. The summed E-state index contributed by atoms with van der Waals surface area (Å²) in [4.78, 5) is 1.29. The van der Waals surface area contributed by atoms with E-state index in [4.69, 9.17) is 5.73 Å². The van der Waals surface area contributed by atoms with E-state index >= 15 is 0 Å². The number of hydrogen-bond donors (Lipinski definition) is 1. The second-order valence-electron chi connectivity index (χ2n) is 4.59. The Hall–Kier alpha value is -1.25. The van der Waals surface area contributed by atoms with Crippen molar-refractivity contribution in [2.45, 2.75) is 24.8 Å². The van der Waals surface area contributed by atoms with Gasteiger partial charge in [0.2, 0.25) is 0 Å². The molecular formula is C16H19NS. The molecule has 0 aromatic heterocycles. The lowest BCUT2D eigenvalue weighted by Gasteiger charge is -2.14. The van der Waals surface area contributed by atoms with Crippen molar-refractivity contribution in [2.24, 2.45) is 5.73 Å². The van der Waals surface area contributed by atoms with Gasteiger partial charge in [0.1, 0.15) is 0 Å². The monoisotopic (exact) mass is 257 g/mol. The van der Waals surface area contributed by atoms with Crippen LogP contribution in [0.2, 0.25) is 0 Å². The minimum atomic E-state index is 0.0942. The molecule has 2 aromatic carbocycles. The Balaban J connectivity index is 2.00. The van der Waals surface area contributed by atoms with Crippen LogP contribution < -0.4 is 5.73 Å². The van der Waals surface area contributed by atoms with E-state index in [0.29, 0.717) is 0 Å². The van der Waals surface area contributed by atoms with E-state index in [0.717, 1.165) is 5.75 Å². The third-order valence-electron chi connectivity index (χ3n) is 3.01. The van der Waals surface area contributed by atoms with Crippen molar-refractivity contribution in [1.82, 2.24) is 0 Å². The molecule has 1 nitrogen and oxygen atoms in total. The maximum Gasteiger partial charge on any atom is 0.0392 e. The Morgan fingerprint density at radius 3 is 2.56 bits per heavy atom. The largest absolute Gasteiger partial charge is 0.323 e. The summed E-state index contributed by atoms with van der Waals surface area (Å²) in [7, 11) is 0. The van der Waals surface area contributed by atoms with Crippen LogP contribution in [0, 0.1) is 13.8 Å². The van der Waals surface area contributed by atoms with Gasteiger partial charge in [-0.1, -0.05) is 42.0 Å². The zero-order valence-corrected chi connectivity index (χ0v) is 11.7. The highest BCUT2D eigenvalue weighted by atomic mass is 32.2. The lowest BCUT2D eigenvalue weighted by molar-refractivity contribution is 0.822. The van der Waals surface area contributed by atoms with E-state index in [1.165, 1.54) is 21.6 Å². The van der Waals surface area contributed by atoms with Gasteiger partial charge in [0.25, 0.3) is 0 Å². The SMILES string of the molecule is Cc1cccc(SCC(N)c2ccccc2C)c1. The van der Waals surface area contributed by atoms with Gasteiger partial charge in [0, 0.05) is 16.7 Å². The van der Waals surface area contributed by atoms with E-state index in [1.54, 1.807) is 0 Å². The summed E-state index contributed by atoms with van der Waals surface area (Å²) >= 11 is 1.82. The van der Waals surface area contributed by atoms with Gasteiger partial charge in [-0.3, -0.25) is 0 Å². The molecule has 2 aromatic rings. The topological polar surface area (TPSA) is 26.0 Å². The Morgan fingerprint density at radius 1 is 1.06 bits per heavy atom. The third kappa shape index (κ3) is 3.37. The summed E-state index contributed by atoms with van der Waals surface area (Å²) in [5.74, 6) is 0.911. The maximum absolute atomic E-state index is 6.26. The molecule has 1 unspecified atom stereocenters. The number of rotatable bonds is 4. The lowest BCUT2D eigenvalue weighted by Crippen LogP contribution is -2.14. The molecule has 0 aliphatic rings. The van der Waals surface area contributed by atoms with E-state index in [1.807, 2.05) is 11.8 Å². The van der Waals surface area contributed by atoms with E-state index in [-0.39, 0.29) is 6.04 Å². The average Bonchev–Trinajstić information content (AvgIpc) is 2.37. The van der Waals surface area contributed by atoms with Gasteiger partial charge in [-0.2, -0.15) is 0 Å². The number of benzene rings is 2. The highest BCUT2D eigenvalue weighted by molar-refractivity contribution is 7.99. The van der Waals surface area contributed by atoms with Crippen LogP contribution in [-0.2, 0) is 0 Å². The van der Waals surface area contributed by atoms with Crippen LogP contribution in [0.1, 0.15) is 22.7 Å². The zero-order chi connectivity index (χ0) is 13.0. The number of aryl methyl sites for hydroxylation is 2. The predicted octanol–water partition coefficient (Wildman–Crippen LogP) is 4.10. The molecular weight excluding hydrogens is 238 g/mol. The zero-order valence-electron chi connectivity index (χ0n) is 10.9. The van der Waals surface area contributed by atoms with Gasteiger partial charge in [-0.05, 0) is 37.1 Å². The Bertz CT molecular complexity index is 522. The van der Waals surface area contributed by atoms with Crippen molar-refractivity contribution in [3.8, 4) is 0 Å². The molecule has 2 N–H and O–H groups in total. The van der Waals surface area contributed by atoms with Crippen LogP contribution in [0.25, 0.3) is 0 Å². The van der Waals surface area contributed by atoms with Gasteiger partial charge in [0.05, 0.1) is 0 Å². The average molecular weight is 257 g/mol. The molecule has 2 rings (SSSR count). The molecule has 0 radical (unpaired) electrons. The second-order valence-corrected chi connectivity index (χ2v) is 5.68. The van der Waals surface area contributed by atoms with Crippen molar-refractivity contribution in [2.75, 3.05) is 5.75 Å². The molecule has 0 saturated heterocycles. The van der Waals surface area contributed by atoms with Crippen LogP contribution in [0.15, 0.2) is 53.4 Å². The first kappa shape index (κ1) is 13.2. The Kier molecular flexibility index (Phi) is 4.45. The van der Waals surface area contributed by atoms with Gasteiger partial charge in [-0.25, -0.2) is 0 Å². The number of hydrogen-bond acceptors (Lipinski definition) is 2. The van der Waals surface area contributed by atoms with Crippen LogP contribution in [0.5, 0.6) is 0 Å². The lowest BCUT2D eigenvalue weighted by atomic mass is 10.0. The van der Waals surface area contributed by atoms with Crippen LogP contribution >= 0.6 is 11.8 Å². The van der Waals surface area contributed by atoms with Crippen molar-refractivity contribution in [1.29, 1.82) is 0 Å². The van der Waals surface area contributed by atoms with Gasteiger partial charge >= 0.3 is 0 Å². The van der Waals surface area contributed by atoms with Crippen molar-refractivity contribution in [3.63, 3.8) is 0 Å². The van der Waals surface area contributed by atoms with Crippen LogP contribution in [0.3, 0.4) is 0 Å². The van der Waals surface area contributed by atoms with Gasteiger partial charge in [0.15, 0.2) is 0 Å². The highest BCUT2D eigenvalue weighted by Gasteiger charge is 2.08. The fourth-order valence-corrected chi connectivity index (χ4v) is 2.98. The third-order valence-corrected chi connectivity index (χ3v) is 4.12. The van der Waals surface area contributed by atoms with Gasteiger partial charge < -0.3 is 5.73 Å².